The number of urea groups is 1. The summed E-state index contributed by atoms with van der Waals surface area (Å²) in [4.78, 5) is 39.4. The van der Waals surface area contributed by atoms with Gasteiger partial charge >= 0.3 is 6.03 Å². The maximum Gasteiger partial charge on any atom is 0.335 e. The number of amides is 4. The van der Waals surface area contributed by atoms with Crippen LogP contribution in [0, 0.1) is 34.6 Å². The Morgan fingerprint density at radius 2 is 1.64 bits per heavy atom. The third-order valence-corrected chi connectivity index (χ3v) is 6.98. The number of rotatable bonds is 3. The predicted octanol–water partition coefficient (Wildman–Crippen LogP) is 5.45. The van der Waals surface area contributed by atoms with Crippen molar-refractivity contribution >= 4 is 45.5 Å². The van der Waals surface area contributed by atoms with Gasteiger partial charge in [0.15, 0.2) is 0 Å². The highest BCUT2D eigenvalue weighted by Crippen LogP contribution is 2.29. The van der Waals surface area contributed by atoms with Crippen LogP contribution < -0.4 is 10.2 Å². The van der Waals surface area contributed by atoms with E-state index in [1.165, 1.54) is 5.56 Å². The summed E-state index contributed by atoms with van der Waals surface area (Å²) in [6, 6.07) is 12.5. The topological polar surface area (TPSA) is 71.4 Å². The van der Waals surface area contributed by atoms with Crippen molar-refractivity contribution in [3.05, 3.63) is 86.2 Å². The molecule has 2 aromatic carbocycles. The lowest BCUT2D eigenvalue weighted by atomic mass is 10.1. The molecule has 33 heavy (non-hydrogen) atoms. The Morgan fingerprint density at radius 3 is 2.33 bits per heavy atom. The molecule has 1 aliphatic rings. The molecule has 0 spiro atoms. The lowest BCUT2D eigenvalue weighted by Crippen LogP contribution is -2.54. The monoisotopic (exact) mass is 505 g/mol. The van der Waals surface area contributed by atoms with E-state index in [4.69, 9.17) is 0 Å². The molecule has 0 radical (unpaired) electrons. The van der Waals surface area contributed by atoms with Gasteiger partial charge in [0.25, 0.3) is 11.8 Å². The summed E-state index contributed by atoms with van der Waals surface area (Å²) in [5.41, 5.74) is 7.20. The normalized spacial score (nSPS) is 15.4. The summed E-state index contributed by atoms with van der Waals surface area (Å²) >= 11 is 3.42. The first-order valence-corrected chi connectivity index (χ1v) is 11.3. The number of nitrogens with one attached hydrogen (secondary N) is 1. The molecule has 0 atom stereocenters. The summed E-state index contributed by atoms with van der Waals surface area (Å²) in [7, 11) is 0. The molecule has 1 fully saturated rings. The van der Waals surface area contributed by atoms with Crippen LogP contribution in [-0.2, 0) is 9.59 Å². The van der Waals surface area contributed by atoms with E-state index in [1.807, 2.05) is 39.0 Å². The van der Waals surface area contributed by atoms with Crippen LogP contribution >= 0.6 is 15.9 Å². The fraction of sp³-hybridized carbons (Fsp3) is 0.192. The van der Waals surface area contributed by atoms with Gasteiger partial charge in [-0.25, -0.2) is 9.69 Å². The Balaban J connectivity index is 1.79. The molecule has 3 aromatic rings. The molecule has 0 saturated carbocycles. The van der Waals surface area contributed by atoms with Crippen LogP contribution in [0.4, 0.5) is 10.5 Å². The quantitative estimate of drug-likeness (QED) is 0.380. The second kappa shape index (κ2) is 8.48. The number of halogens is 1. The van der Waals surface area contributed by atoms with Crippen molar-refractivity contribution in [2.45, 2.75) is 34.6 Å². The molecule has 1 saturated heterocycles. The molecule has 6 nitrogen and oxygen atoms in total. The van der Waals surface area contributed by atoms with Crippen molar-refractivity contribution in [2.24, 2.45) is 0 Å². The zero-order valence-electron chi connectivity index (χ0n) is 19.1. The van der Waals surface area contributed by atoms with Gasteiger partial charge in [0.05, 0.1) is 5.69 Å². The second-order valence-corrected chi connectivity index (χ2v) is 9.13. The number of hydrogen-bond donors (Lipinski definition) is 1. The smallest absolute Gasteiger partial charge is 0.318 e. The van der Waals surface area contributed by atoms with Gasteiger partial charge in [-0.1, -0.05) is 28.1 Å². The summed E-state index contributed by atoms with van der Waals surface area (Å²) in [5.74, 6) is -1.35. The average Bonchev–Trinajstić information content (AvgIpc) is 3.03. The molecule has 1 N–H and O–H groups in total. The molecule has 7 heteroatoms. The summed E-state index contributed by atoms with van der Waals surface area (Å²) in [6.45, 7) is 9.94. The number of carbonyl (C=O) groups excluding carboxylic acids is 3. The zero-order chi connectivity index (χ0) is 24.0. The summed E-state index contributed by atoms with van der Waals surface area (Å²) < 4.78 is 2.97. The third kappa shape index (κ3) is 3.93. The molecule has 0 bridgehead atoms. The molecular weight excluding hydrogens is 482 g/mol. The molecular formula is C26H24BrN3O3. The summed E-state index contributed by atoms with van der Waals surface area (Å²) in [5, 5.41) is 2.29. The van der Waals surface area contributed by atoms with E-state index in [1.54, 1.807) is 24.3 Å². The standard InChI is InChI=1S/C26H24BrN3O3/c1-14-7-6-8-23(17(14)4)29-16(3)12-19(18(29)5)13-21-24(31)28-26(33)30(25(21)32)20-9-10-22(27)15(2)11-20/h6-13H,1-5H3,(H,28,31,33)/b21-13+. The third-order valence-electron chi connectivity index (χ3n) is 6.09. The number of imide groups is 2. The molecule has 168 valence electrons. The van der Waals surface area contributed by atoms with Gasteiger partial charge < -0.3 is 4.57 Å². The Hall–Kier alpha value is -3.45. The van der Waals surface area contributed by atoms with Crippen molar-refractivity contribution in [1.82, 2.24) is 9.88 Å². The number of barbiturate groups is 1. The number of anilines is 1. The van der Waals surface area contributed by atoms with E-state index in [0.717, 1.165) is 43.1 Å². The lowest BCUT2D eigenvalue weighted by Gasteiger charge is -2.26. The Bertz CT molecular complexity index is 1370. The maximum absolute atomic E-state index is 13.3. The summed E-state index contributed by atoms with van der Waals surface area (Å²) in [6.07, 6.45) is 1.56. The van der Waals surface area contributed by atoms with E-state index in [-0.39, 0.29) is 5.57 Å². The molecule has 4 amide bonds. The highest BCUT2D eigenvalue weighted by atomic mass is 79.9. The lowest BCUT2D eigenvalue weighted by molar-refractivity contribution is -0.122. The molecule has 2 heterocycles. The van der Waals surface area contributed by atoms with Crippen molar-refractivity contribution in [3.63, 3.8) is 0 Å². The first-order valence-electron chi connectivity index (χ1n) is 10.5. The fourth-order valence-corrected chi connectivity index (χ4v) is 4.34. The molecule has 1 aromatic heterocycles. The molecule has 0 unspecified atom stereocenters. The number of hydrogen-bond acceptors (Lipinski definition) is 3. The van der Waals surface area contributed by atoms with E-state index >= 15 is 0 Å². The molecule has 4 rings (SSSR count). The van der Waals surface area contributed by atoms with Crippen molar-refractivity contribution in [2.75, 3.05) is 4.90 Å². The minimum atomic E-state index is -0.760. The van der Waals surface area contributed by atoms with Gasteiger partial charge in [0, 0.05) is 21.5 Å². The van der Waals surface area contributed by atoms with Crippen molar-refractivity contribution < 1.29 is 14.4 Å². The Labute approximate surface area is 201 Å². The SMILES string of the molecule is Cc1cc(N2C(=O)NC(=O)/C(=C\c3cc(C)n(-c4cccc(C)c4C)c3C)C2=O)ccc1Br. The van der Waals surface area contributed by atoms with Crippen LogP contribution in [0.25, 0.3) is 11.8 Å². The number of aryl methyl sites for hydroxylation is 3. The predicted molar refractivity (Wildman–Crippen MR) is 133 cm³/mol. The van der Waals surface area contributed by atoms with Crippen molar-refractivity contribution in [3.8, 4) is 5.69 Å². The number of aromatic nitrogens is 1. The van der Waals surface area contributed by atoms with Crippen LogP contribution in [-0.4, -0.2) is 22.4 Å². The largest absolute Gasteiger partial charge is 0.335 e. The first kappa shape index (κ1) is 22.7. The van der Waals surface area contributed by atoms with Gasteiger partial charge in [0.2, 0.25) is 0 Å². The van der Waals surface area contributed by atoms with Gasteiger partial charge in [0.1, 0.15) is 5.57 Å². The van der Waals surface area contributed by atoms with Crippen LogP contribution in [0.1, 0.15) is 33.6 Å². The van der Waals surface area contributed by atoms with Crippen LogP contribution in [0.15, 0.2) is 52.5 Å². The van der Waals surface area contributed by atoms with Crippen molar-refractivity contribution in [1.29, 1.82) is 0 Å². The fourth-order valence-electron chi connectivity index (χ4n) is 4.10. The highest BCUT2D eigenvalue weighted by Gasteiger charge is 2.37. The van der Waals surface area contributed by atoms with Gasteiger partial charge in [-0.05, 0) is 93.3 Å². The van der Waals surface area contributed by atoms with Crippen LogP contribution in [0.3, 0.4) is 0 Å². The van der Waals surface area contributed by atoms with Gasteiger partial charge in [-0.3, -0.25) is 14.9 Å². The van der Waals surface area contributed by atoms with Gasteiger partial charge in [-0.15, -0.1) is 0 Å². The number of carbonyl (C=O) groups is 3. The second-order valence-electron chi connectivity index (χ2n) is 8.27. The minimum absolute atomic E-state index is 0.0867. The van der Waals surface area contributed by atoms with Crippen LogP contribution in [0.2, 0.25) is 0 Å². The van der Waals surface area contributed by atoms with E-state index in [2.05, 4.69) is 45.7 Å². The van der Waals surface area contributed by atoms with E-state index in [0.29, 0.717) is 5.69 Å². The highest BCUT2D eigenvalue weighted by molar-refractivity contribution is 9.10. The number of nitrogens with zero attached hydrogens (tertiary/aromatic N) is 2. The molecule has 0 aliphatic carbocycles. The van der Waals surface area contributed by atoms with Crippen LogP contribution in [0.5, 0.6) is 0 Å². The van der Waals surface area contributed by atoms with E-state index in [9.17, 15) is 14.4 Å². The minimum Gasteiger partial charge on any atom is -0.318 e. The Kier molecular flexibility index (Phi) is 5.84. The first-order chi connectivity index (χ1) is 15.6. The zero-order valence-corrected chi connectivity index (χ0v) is 20.7. The van der Waals surface area contributed by atoms with E-state index < -0.39 is 17.8 Å². The maximum atomic E-state index is 13.3. The average molecular weight is 506 g/mol. The molecule has 1 aliphatic heterocycles. The Morgan fingerprint density at radius 1 is 0.909 bits per heavy atom. The number of benzene rings is 2. The van der Waals surface area contributed by atoms with Gasteiger partial charge in [-0.2, -0.15) is 0 Å².